The second-order valence-electron chi connectivity index (χ2n) is 2.02. The van der Waals surface area contributed by atoms with Crippen LogP contribution in [0.3, 0.4) is 0 Å². The molecule has 1 heterocycles. The molecule has 1 atom stereocenters. The molecule has 2 nitrogen and oxygen atoms in total. The molecule has 0 aliphatic carbocycles. The number of hydrogen-bond donors (Lipinski definition) is 0. The molecule has 1 aliphatic heterocycles. The third-order valence-corrected chi connectivity index (χ3v) is 2.50. The Hall–Kier alpha value is 0.0400. The van der Waals surface area contributed by atoms with E-state index < -0.39 is 0 Å². The normalized spacial score (nSPS) is 24.9. The topological polar surface area (TPSA) is 15.6 Å². The van der Waals surface area contributed by atoms with Crippen LogP contribution in [0, 0.1) is 0 Å². The average Bonchev–Trinajstić information content (AvgIpc) is 1.88. The van der Waals surface area contributed by atoms with Crippen molar-refractivity contribution in [2.75, 3.05) is 13.3 Å². The Morgan fingerprint density at radius 1 is 1.80 bits per heavy atom. The van der Waals surface area contributed by atoms with E-state index in [2.05, 4.69) is 25.8 Å². The molecule has 4 heteroatoms. The molecule has 1 rings (SSSR count). The first-order valence-electron chi connectivity index (χ1n) is 2.89. The molecule has 0 fully saturated rings. The van der Waals surface area contributed by atoms with E-state index in [1.165, 1.54) is 0 Å². The summed E-state index contributed by atoms with van der Waals surface area (Å²) in [6, 6.07) is 0. The van der Waals surface area contributed by atoms with E-state index in [4.69, 9.17) is 0 Å². The highest BCUT2D eigenvalue weighted by molar-refractivity contribution is 9.12. The van der Waals surface area contributed by atoms with Gasteiger partial charge in [0.2, 0.25) is 0 Å². The molecule has 0 aromatic carbocycles. The molecule has 1 unspecified atom stereocenters. The van der Waals surface area contributed by atoms with Crippen molar-refractivity contribution < 1.29 is 0 Å². The molecule has 0 saturated heterocycles. The molecule has 0 aromatic heterocycles. The van der Waals surface area contributed by atoms with Gasteiger partial charge in [0.25, 0.3) is 0 Å². The Bertz CT molecular complexity index is 179. The van der Waals surface area contributed by atoms with Gasteiger partial charge in [-0.2, -0.15) is 0 Å². The zero-order chi connectivity index (χ0) is 7.56. The zero-order valence-electron chi connectivity index (χ0n) is 5.91. The summed E-state index contributed by atoms with van der Waals surface area (Å²) in [5, 5.41) is 0. The van der Waals surface area contributed by atoms with E-state index in [-0.39, 0.29) is 5.50 Å². The summed E-state index contributed by atoms with van der Waals surface area (Å²) < 4.78 is 1.03. The highest BCUT2D eigenvalue weighted by atomic mass is 79.9. The van der Waals surface area contributed by atoms with Crippen molar-refractivity contribution in [3.05, 3.63) is 10.7 Å². The number of nitrogens with zero attached hydrogens (tertiary/aromatic N) is 2. The van der Waals surface area contributed by atoms with E-state index >= 15 is 0 Å². The number of hydrogen-bond acceptors (Lipinski definition) is 3. The van der Waals surface area contributed by atoms with Gasteiger partial charge >= 0.3 is 0 Å². The van der Waals surface area contributed by atoms with Crippen molar-refractivity contribution in [2.45, 2.75) is 5.50 Å². The summed E-state index contributed by atoms with van der Waals surface area (Å²) in [5.41, 5.74) is 0.251. The quantitative estimate of drug-likeness (QED) is 0.671. The summed E-state index contributed by atoms with van der Waals surface area (Å²) >= 11 is 5.06. The van der Waals surface area contributed by atoms with Crippen molar-refractivity contribution in [2.24, 2.45) is 4.99 Å². The molecule has 1 aliphatic rings. The van der Waals surface area contributed by atoms with Gasteiger partial charge in [0.05, 0.1) is 4.48 Å². The predicted octanol–water partition coefficient (Wildman–Crippen LogP) is 1.89. The number of aliphatic imine (C=N–C) groups is 1. The molecular weight excluding hydrogens is 212 g/mol. The Kier molecular flexibility index (Phi) is 2.80. The van der Waals surface area contributed by atoms with Gasteiger partial charge in [0.15, 0.2) is 5.50 Å². The highest BCUT2D eigenvalue weighted by Gasteiger charge is 2.10. The van der Waals surface area contributed by atoms with Crippen molar-refractivity contribution in [1.29, 1.82) is 0 Å². The zero-order valence-corrected chi connectivity index (χ0v) is 8.32. The van der Waals surface area contributed by atoms with E-state index in [1.54, 1.807) is 11.8 Å². The monoisotopic (exact) mass is 220 g/mol. The van der Waals surface area contributed by atoms with Crippen LogP contribution in [-0.2, 0) is 0 Å². The third-order valence-electron chi connectivity index (χ3n) is 1.21. The van der Waals surface area contributed by atoms with Crippen LogP contribution in [0.15, 0.2) is 15.7 Å². The first kappa shape index (κ1) is 8.14. The minimum Gasteiger partial charge on any atom is -0.350 e. The number of thioether (sulfide) groups is 1. The second kappa shape index (κ2) is 3.44. The Morgan fingerprint density at radius 2 is 2.50 bits per heavy atom. The standard InChI is InChI=1S/C6H9BrN2S/c1-9-4-5(7)3-8-6(9)10-2/h3-4,6H,1-2H3. The van der Waals surface area contributed by atoms with E-state index in [1.807, 2.05) is 25.7 Å². The van der Waals surface area contributed by atoms with Gasteiger partial charge in [-0.15, -0.1) is 11.8 Å². The maximum atomic E-state index is 4.26. The van der Waals surface area contributed by atoms with Crippen LogP contribution in [0.1, 0.15) is 0 Å². The number of rotatable bonds is 1. The average molecular weight is 221 g/mol. The van der Waals surface area contributed by atoms with Crippen LogP contribution < -0.4 is 0 Å². The van der Waals surface area contributed by atoms with Gasteiger partial charge in [-0.1, -0.05) is 0 Å². The summed E-state index contributed by atoms with van der Waals surface area (Å²) in [6.07, 6.45) is 5.90. The molecule has 0 amide bonds. The minimum absolute atomic E-state index is 0.251. The molecule has 0 N–H and O–H groups in total. The Balaban J connectivity index is 2.64. The van der Waals surface area contributed by atoms with Crippen molar-refractivity contribution in [3.63, 3.8) is 0 Å². The summed E-state index contributed by atoms with van der Waals surface area (Å²) in [5.74, 6) is 0. The maximum absolute atomic E-state index is 4.26. The lowest BCUT2D eigenvalue weighted by molar-refractivity contribution is 0.435. The van der Waals surface area contributed by atoms with Crippen molar-refractivity contribution in [3.8, 4) is 0 Å². The van der Waals surface area contributed by atoms with Gasteiger partial charge in [0.1, 0.15) is 0 Å². The molecule has 56 valence electrons. The van der Waals surface area contributed by atoms with Crippen LogP contribution in [0.4, 0.5) is 0 Å². The van der Waals surface area contributed by atoms with Crippen LogP contribution in [0.2, 0.25) is 0 Å². The maximum Gasteiger partial charge on any atom is 0.168 e. The summed E-state index contributed by atoms with van der Waals surface area (Å²) in [6.45, 7) is 0. The van der Waals surface area contributed by atoms with Gasteiger partial charge in [0, 0.05) is 19.5 Å². The van der Waals surface area contributed by atoms with Gasteiger partial charge in [-0.05, 0) is 22.2 Å². The van der Waals surface area contributed by atoms with Crippen LogP contribution in [0.5, 0.6) is 0 Å². The lowest BCUT2D eigenvalue weighted by Gasteiger charge is -2.24. The molecular formula is C6H9BrN2S. The predicted molar refractivity (Wildman–Crippen MR) is 50.6 cm³/mol. The molecule has 0 aromatic rings. The largest absolute Gasteiger partial charge is 0.350 e. The minimum atomic E-state index is 0.251. The fourth-order valence-corrected chi connectivity index (χ4v) is 1.78. The van der Waals surface area contributed by atoms with E-state index in [0.29, 0.717) is 0 Å². The lowest BCUT2D eigenvalue weighted by atomic mass is 10.5. The smallest absolute Gasteiger partial charge is 0.168 e. The molecule has 0 radical (unpaired) electrons. The Morgan fingerprint density at radius 3 is 3.00 bits per heavy atom. The summed E-state index contributed by atoms with van der Waals surface area (Å²) in [7, 11) is 2.01. The fraction of sp³-hybridized carbons (Fsp3) is 0.500. The molecule has 10 heavy (non-hydrogen) atoms. The van der Waals surface area contributed by atoms with Gasteiger partial charge in [-0.25, -0.2) is 0 Å². The van der Waals surface area contributed by atoms with Gasteiger partial charge < -0.3 is 4.90 Å². The van der Waals surface area contributed by atoms with Crippen molar-refractivity contribution >= 4 is 33.9 Å². The number of halogens is 1. The third kappa shape index (κ3) is 1.76. The van der Waals surface area contributed by atoms with E-state index in [9.17, 15) is 0 Å². The first-order valence-corrected chi connectivity index (χ1v) is 4.97. The lowest BCUT2D eigenvalue weighted by Crippen LogP contribution is -2.24. The van der Waals surface area contributed by atoms with Crippen LogP contribution in [0.25, 0.3) is 0 Å². The van der Waals surface area contributed by atoms with Crippen LogP contribution in [-0.4, -0.2) is 29.9 Å². The Labute approximate surface area is 73.5 Å². The number of allylic oxidation sites excluding steroid dienone is 1. The second-order valence-corrected chi connectivity index (χ2v) is 3.83. The molecule has 0 spiro atoms. The van der Waals surface area contributed by atoms with Crippen molar-refractivity contribution in [1.82, 2.24) is 4.90 Å². The highest BCUT2D eigenvalue weighted by Crippen LogP contribution is 2.18. The first-order chi connectivity index (χ1) is 4.74. The molecule has 0 bridgehead atoms. The van der Waals surface area contributed by atoms with E-state index in [0.717, 1.165) is 4.48 Å². The fourth-order valence-electron chi connectivity index (χ4n) is 0.759. The molecule has 0 saturated carbocycles. The SMILES string of the molecule is CSC1N=CC(Br)=CN1C. The summed E-state index contributed by atoms with van der Waals surface area (Å²) in [4.78, 5) is 6.32. The van der Waals surface area contributed by atoms with Gasteiger partial charge in [-0.3, -0.25) is 4.99 Å². The van der Waals surface area contributed by atoms with Crippen LogP contribution >= 0.6 is 27.7 Å².